The number of H-pyrrole nitrogens is 1. The van der Waals surface area contributed by atoms with Gasteiger partial charge in [-0.25, -0.2) is 18.7 Å². The topological polar surface area (TPSA) is 79.9 Å². The first-order valence-electron chi connectivity index (χ1n) is 9.26. The van der Waals surface area contributed by atoms with Crippen LogP contribution in [0.5, 0.6) is 5.88 Å². The van der Waals surface area contributed by atoms with Crippen molar-refractivity contribution in [3.05, 3.63) is 89.4 Å². The first-order valence-corrected chi connectivity index (χ1v) is 9.26. The Morgan fingerprint density at radius 3 is 2.70 bits per heavy atom. The van der Waals surface area contributed by atoms with E-state index in [4.69, 9.17) is 4.74 Å². The average Bonchev–Trinajstić information content (AvgIpc) is 3.21. The number of nitrogens with zero attached hydrogens (tertiary/aromatic N) is 2. The molecule has 0 atom stereocenters. The number of hydrogen-bond donors (Lipinski definition) is 2. The van der Waals surface area contributed by atoms with E-state index >= 15 is 0 Å². The monoisotopic (exact) mass is 408 g/mol. The molecule has 0 radical (unpaired) electrons. The molecule has 30 heavy (non-hydrogen) atoms. The first kappa shape index (κ1) is 19.5. The summed E-state index contributed by atoms with van der Waals surface area (Å²) in [5.74, 6) is -0.278. The molecule has 2 aromatic heterocycles. The van der Waals surface area contributed by atoms with Crippen LogP contribution in [0, 0.1) is 0 Å². The molecule has 0 aliphatic rings. The van der Waals surface area contributed by atoms with Gasteiger partial charge in [0, 0.05) is 24.4 Å². The minimum absolute atomic E-state index is 0.270. The molecular formula is C22H18F2N4O2. The van der Waals surface area contributed by atoms with E-state index in [0.29, 0.717) is 29.1 Å². The van der Waals surface area contributed by atoms with Gasteiger partial charge in [-0.15, -0.1) is 0 Å². The third-order valence-electron chi connectivity index (χ3n) is 4.45. The highest BCUT2D eigenvalue weighted by atomic mass is 19.3. The zero-order valence-corrected chi connectivity index (χ0v) is 15.8. The lowest BCUT2D eigenvalue weighted by molar-refractivity contribution is 0.0951. The summed E-state index contributed by atoms with van der Waals surface area (Å²) in [5.41, 5.74) is 2.97. The van der Waals surface area contributed by atoms with Crippen LogP contribution in [0.2, 0.25) is 0 Å². The largest absolute Gasteiger partial charge is 0.473 e. The Balaban J connectivity index is 1.38. The number of aromatic nitrogens is 3. The molecule has 0 aliphatic heterocycles. The number of imidazole rings is 1. The molecule has 2 N–H and O–H groups in total. The molecule has 0 aliphatic carbocycles. The molecule has 2 heterocycles. The summed E-state index contributed by atoms with van der Waals surface area (Å²) < 4.78 is 31.2. The normalized spacial score (nSPS) is 11.0. The fourth-order valence-electron chi connectivity index (χ4n) is 2.93. The van der Waals surface area contributed by atoms with Crippen LogP contribution in [-0.4, -0.2) is 20.9 Å². The number of alkyl halides is 2. The van der Waals surface area contributed by atoms with E-state index < -0.39 is 12.2 Å². The van der Waals surface area contributed by atoms with Gasteiger partial charge in [0.15, 0.2) is 5.82 Å². The highest BCUT2D eigenvalue weighted by molar-refractivity contribution is 5.97. The molecule has 6 nitrogen and oxygen atoms in total. The van der Waals surface area contributed by atoms with Gasteiger partial charge in [-0.05, 0) is 35.4 Å². The lowest BCUT2D eigenvalue weighted by Crippen LogP contribution is -2.22. The Morgan fingerprint density at radius 1 is 1.07 bits per heavy atom. The smallest absolute Gasteiger partial charge is 0.295 e. The van der Waals surface area contributed by atoms with Crippen LogP contribution in [0.25, 0.3) is 11.0 Å². The number of pyridine rings is 1. The Morgan fingerprint density at radius 2 is 1.90 bits per heavy atom. The maximum atomic E-state index is 12.8. The lowest BCUT2D eigenvalue weighted by atomic mass is 10.2. The summed E-state index contributed by atoms with van der Waals surface area (Å²) in [4.78, 5) is 23.0. The number of benzene rings is 2. The molecule has 4 aromatic rings. The molecule has 4 rings (SSSR count). The van der Waals surface area contributed by atoms with Gasteiger partial charge in [0.2, 0.25) is 5.88 Å². The van der Waals surface area contributed by atoms with Crippen molar-refractivity contribution in [1.29, 1.82) is 0 Å². The maximum Gasteiger partial charge on any atom is 0.295 e. The number of aromatic amines is 1. The van der Waals surface area contributed by atoms with Gasteiger partial charge in [0.05, 0.1) is 11.0 Å². The predicted octanol–water partition coefficient (Wildman–Crippen LogP) is 4.40. The highest BCUT2D eigenvalue weighted by Crippen LogP contribution is 2.20. The van der Waals surface area contributed by atoms with E-state index in [1.807, 2.05) is 30.3 Å². The van der Waals surface area contributed by atoms with E-state index in [9.17, 15) is 13.6 Å². The highest BCUT2D eigenvalue weighted by Gasteiger charge is 2.14. The summed E-state index contributed by atoms with van der Waals surface area (Å²) in [7, 11) is 0. The summed E-state index contributed by atoms with van der Waals surface area (Å²) in [5, 5.41) is 2.81. The number of amides is 1. The van der Waals surface area contributed by atoms with E-state index in [1.54, 1.807) is 24.4 Å². The third kappa shape index (κ3) is 4.60. The molecule has 0 spiro atoms. The molecule has 0 unspecified atom stereocenters. The van der Waals surface area contributed by atoms with Crippen molar-refractivity contribution < 1.29 is 18.3 Å². The first-order chi connectivity index (χ1) is 14.6. The van der Waals surface area contributed by atoms with Gasteiger partial charge >= 0.3 is 0 Å². The molecule has 2 aromatic carbocycles. The number of halogens is 2. The van der Waals surface area contributed by atoms with E-state index in [0.717, 1.165) is 11.1 Å². The second kappa shape index (κ2) is 8.69. The van der Waals surface area contributed by atoms with Gasteiger partial charge in [-0.2, -0.15) is 0 Å². The van der Waals surface area contributed by atoms with Gasteiger partial charge in [0.25, 0.3) is 12.3 Å². The van der Waals surface area contributed by atoms with Crippen LogP contribution in [0.4, 0.5) is 8.78 Å². The average molecular weight is 408 g/mol. The predicted molar refractivity (Wildman–Crippen MR) is 107 cm³/mol. The fourth-order valence-corrected chi connectivity index (χ4v) is 2.93. The van der Waals surface area contributed by atoms with Gasteiger partial charge < -0.3 is 15.0 Å². The van der Waals surface area contributed by atoms with Gasteiger partial charge in [-0.1, -0.05) is 30.3 Å². The molecule has 0 saturated carbocycles. The second-order valence-electron chi connectivity index (χ2n) is 6.61. The van der Waals surface area contributed by atoms with Crippen molar-refractivity contribution in [3.8, 4) is 5.88 Å². The van der Waals surface area contributed by atoms with Crippen molar-refractivity contribution in [2.24, 2.45) is 0 Å². The number of carbonyl (C=O) groups is 1. The number of nitrogens with one attached hydrogen (secondary N) is 2. The quantitative estimate of drug-likeness (QED) is 0.475. The SMILES string of the molecule is O=C(NCc1ccnc(OCc2ccccc2)c1)c1ccc2nc(C(F)F)[nH]c2c1. The zero-order valence-electron chi connectivity index (χ0n) is 15.8. The molecule has 0 bridgehead atoms. The Hall–Kier alpha value is -3.81. The lowest BCUT2D eigenvalue weighted by Gasteiger charge is -2.08. The number of ether oxygens (including phenoxy) is 1. The summed E-state index contributed by atoms with van der Waals surface area (Å²) in [6.45, 7) is 0.667. The number of carbonyl (C=O) groups excluding carboxylic acids is 1. The standard InChI is InChI=1S/C22H18F2N4O2/c23-20(24)21-27-17-7-6-16(11-18(17)28-21)22(29)26-12-15-8-9-25-19(10-15)30-13-14-4-2-1-3-5-14/h1-11,20H,12-13H2,(H,26,29)(H,27,28). The summed E-state index contributed by atoms with van der Waals surface area (Å²) in [6.07, 6.45) is -1.08. The minimum atomic E-state index is -2.69. The summed E-state index contributed by atoms with van der Waals surface area (Å²) in [6, 6.07) is 17.9. The van der Waals surface area contributed by atoms with Crippen molar-refractivity contribution in [1.82, 2.24) is 20.3 Å². The molecule has 152 valence electrons. The molecule has 0 saturated heterocycles. The fraction of sp³-hybridized carbons (Fsp3) is 0.136. The van der Waals surface area contributed by atoms with Crippen molar-refractivity contribution in [2.75, 3.05) is 0 Å². The molecular weight excluding hydrogens is 390 g/mol. The van der Waals surface area contributed by atoms with Gasteiger partial charge in [-0.3, -0.25) is 4.79 Å². The zero-order chi connectivity index (χ0) is 20.9. The summed E-state index contributed by atoms with van der Waals surface area (Å²) >= 11 is 0. The van der Waals surface area contributed by atoms with Crippen LogP contribution in [0.1, 0.15) is 33.7 Å². The Bertz CT molecular complexity index is 1160. The molecule has 0 fully saturated rings. The van der Waals surface area contributed by atoms with Crippen LogP contribution >= 0.6 is 0 Å². The van der Waals surface area contributed by atoms with Crippen molar-refractivity contribution in [2.45, 2.75) is 19.6 Å². The number of hydrogen-bond acceptors (Lipinski definition) is 4. The minimum Gasteiger partial charge on any atom is -0.473 e. The van der Waals surface area contributed by atoms with Gasteiger partial charge in [0.1, 0.15) is 6.61 Å². The van der Waals surface area contributed by atoms with E-state index in [-0.39, 0.29) is 12.5 Å². The third-order valence-corrected chi connectivity index (χ3v) is 4.45. The molecule has 8 heteroatoms. The number of rotatable bonds is 7. The van der Waals surface area contributed by atoms with E-state index in [1.165, 1.54) is 12.1 Å². The van der Waals surface area contributed by atoms with Crippen molar-refractivity contribution >= 4 is 16.9 Å². The van der Waals surface area contributed by atoms with Crippen LogP contribution in [-0.2, 0) is 13.2 Å². The number of fused-ring (bicyclic) bond motifs is 1. The van der Waals surface area contributed by atoms with Crippen LogP contribution in [0.3, 0.4) is 0 Å². The van der Waals surface area contributed by atoms with Crippen LogP contribution in [0.15, 0.2) is 66.9 Å². The maximum absolute atomic E-state index is 12.8. The second-order valence-corrected chi connectivity index (χ2v) is 6.61. The molecule has 1 amide bonds. The Kier molecular flexibility index (Phi) is 5.65. The van der Waals surface area contributed by atoms with Crippen molar-refractivity contribution in [3.63, 3.8) is 0 Å². The van der Waals surface area contributed by atoms with Crippen LogP contribution < -0.4 is 10.1 Å². The Labute approximate surface area is 170 Å². The van der Waals surface area contributed by atoms with E-state index in [2.05, 4.69) is 20.3 Å².